The standard InChI is InChI=1S/C19H17N3O2/c1-24-18-9-5-6-16(12-18)21-19(23)11-10-15-13-20-22(14-15)17-7-3-2-4-8-17/h2-14H,1H3,(H,21,23)/b11-10+. The second kappa shape index (κ2) is 7.28. The molecule has 0 aliphatic carbocycles. The number of ether oxygens (including phenoxy) is 1. The van der Waals surface area contributed by atoms with Crippen LogP contribution in [0.15, 0.2) is 73.1 Å². The molecule has 24 heavy (non-hydrogen) atoms. The summed E-state index contributed by atoms with van der Waals surface area (Å²) in [5, 5.41) is 7.08. The molecule has 3 rings (SSSR count). The summed E-state index contributed by atoms with van der Waals surface area (Å²) in [7, 11) is 1.59. The molecule has 3 aromatic rings. The Morgan fingerprint density at radius 2 is 2.00 bits per heavy atom. The van der Waals surface area contributed by atoms with Crippen molar-refractivity contribution in [3.63, 3.8) is 0 Å². The minimum atomic E-state index is -0.212. The van der Waals surface area contributed by atoms with E-state index in [-0.39, 0.29) is 5.91 Å². The predicted molar refractivity (Wildman–Crippen MR) is 94.2 cm³/mol. The Morgan fingerprint density at radius 3 is 2.79 bits per heavy atom. The number of hydrogen-bond acceptors (Lipinski definition) is 3. The number of rotatable bonds is 5. The van der Waals surface area contributed by atoms with Gasteiger partial charge in [0.25, 0.3) is 0 Å². The second-order valence-electron chi connectivity index (χ2n) is 5.11. The summed E-state index contributed by atoms with van der Waals surface area (Å²) in [6.07, 6.45) is 6.78. The van der Waals surface area contributed by atoms with Crippen LogP contribution in [0.2, 0.25) is 0 Å². The molecule has 120 valence electrons. The highest BCUT2D eigenvalue weighted by Gasteiger charge is 2.01. The van der Waals surface area contributed by atoms with E-state index in [2.05, 4.69) is 10.4 Å². The molecule has 5 nitrogen and oxygen atoms in total. The number of para-hydroxylation sites is 1. The highest BCUT2D eigenvalue weighted by Crippen LogP contribution is 2.16. The van der Waals surface area contributed by atoms with Crippen molar-refractivity contribution in [1.29, 1.82) is 0 Å². The van der Waals surface area contributed by atoms with Gasteiger partial charge < -0.3 is 10.1 Å². The van der Waals surface area contributed by atoms with Crippen LogP contribution in [0.4, 0.5) is 5.69 Å². The molecule has 1 aromatic heterocycles. The molecular formula is C19H17N3O2. The van der Waals surface area contributed by atoms with E-state index in [1.165, 1.54) is 6.08 Å². The smallest absolute Gasteiger partial charge is 0.248 e. The number of aromatic nitrogens is 2. The molecule has 0 aliphatic heterocycles. The lowest BCUT2D eigenvalue weighted by atomic mass is 10.3. The summed E-state index contributed by atoms with van der Waals surface area (Å²) < 4.78 is 6.89. The third-order valence-electron chi connectivity index (χ3n) is 3.39. The lowest BCUT2D eigenvalue weighted by Gasteiger charge is -2.04. The van der Waals surface area contributed by atoms with Gasteiger partial charge in [0.05, 0.1) is 19.0 Å². The highest BCUT2D eigenvalue weighted by atomic mass is 16.5. The van der Waals surface area contributed by atoms with Crippen molar-refractivity contribution in [3.8, 4) is 11.4 Å². The molecule has 0 bridgehead atoms. The average molecular weight is 319 g/mol. The van der Waals surface area contributed by atoms with E-state index >= 15 is 0 Å². The number of nitrogens with zero attached hydrogens (tertiary/aromatic N) is 2. The van der Waals surface area contributed by atoms with Crippen molar-refractivity contribution in [1.82, 2.24) is 9.78 Å². The number of anilines is 1. The first-order valence-corrected chi connectivity index (χ1v) is 7.48. The zero-order chi connectivity index (χ0) is 16.8. The average Bonchev–Trinajstić information content (AvgIpc) is 3.10. The maximum atomic E-state index is 12.0. The fraction of sp³-hybridized carbons (Fsp3) is 0.0526. The molecule has 1 heterocycles. The topological polar surface area (TPSA) is 56.1 Å². The molecular weight excluding hydrogens is 302 g/mol. The SMILES string of the molecule is COc1cccc(NC(=O)/C=C/c2cnn(-c3ccccc3)c2)c1. The molecule has 1 amide bonds. The van der Waals surface area contributed by atoms with E-state index in [1.807, 2.05) is 54.7 Å². The minimum Gasteiger partial charge on any atom is -0.497 e. The molecule has 0 radical (unpaired) electrons. The van der Waals surface area contributed by atoms with Crippen molar-refractivity contribution >= 4 is 17.7 Å². The maximum Gasteiger partial charge on any atom is 0.248 e. The summed E-state index contributed by atoms with van der Waals surface area (Å²) in [6, 6.07) is 17.0. The van der Waals surface area contributed by atoms with Gasteiger partial charge in [0, 0.05) is 29.6 Å². The van der Waals surface area contributed by atoms with Gasteiger partial charge in [-0.2, -0.15) is 5.10 Å². The van der Waals surface area contributed by atoms with E-state index in [9.17, 15) is 4.79 Å². The van der Waals surface area contributed by atoms with Crippen LogP contribution < -0.4 is 10.1 Å². The lowest BCUT2D eigenvalue weighted by Crippen LogP contribution is -2.07. The number of carbonyl (C=O) groups excluding carboxylic acids is 1. The van der Waals surface area contributed by atoms with Gasteiger partial charge in [-0.1, -0.05) is 24.3 Å². The summed E-state index contributed by atoms with van der Waals surface area (Å²) in [5.74, 6) is 0.483. The largest absolute Gasteiger partial charge is 0.497 e. The minimum absolute atomic E-state index is 0.212. The van der Waals surface area contributed by atoms with Gasteiger partial charge in [-0.25, -0.2) is 4.68 Å². The molecule has 1 N–H and O–H groups in total. The van der Waals surface area contributed by atoms with Crippen LogP contribution in [0.5, 0.6) is 5.75 Å². The van der Waals surface area contributed by atoms with Gasteiger partial charge in [0.2, 0.25) is 5.91 Å². The Labute approximate surface area is 140 Å². The van der Waals surface area contributed by atoms with Crippen molar-refractivity contribution in [2.24, 2.45) is 0 Å². The second-order valence-corrected chi connectivity index (χ2v) is 5.11. The van der Waals surface area contributed by atoms with Gasteiger partial charge in [-0.05, 0) is 30.3 Å². The Hall–Kier alpha value is -3.34. The van der Waals surface area contributed by atoms with Crippen LogP contribution in [-0.4, -0.2) is 22.8 Å². The first-order valence-electron chi connectivity index (χ1n) is 7.48. The van der Waals surface area contributed by atoms with E-state index in [4.69, 9.17) is 4.74 Å². The lowest BCUT2D eigenvalue weighted by molar-refractivity contribution is -0.111. The van der Waals surface area contributed by atoms with Crippen LogP contribution in [0, 0.1) is 0 Å². The Bertz CT molecular complexity index is 854. The fourth-order valence-electron chi connectivity index (χ4n) is 2.20. The molecule has 0 fully saturated rings. The number of benzene rings is 2. The van der Waals surface area contributed by atoms with E-state index in [0.29, 0.717) is 11.4 Å². The molecule has 0 aliphatic rings. The number of methoxy groups -OCH3 is 1. The summed E-state index contributed by atoms with van der Waals surface area (Å²) in [4.78, 5) is 12.0. The Balaban J connectivity index is 1.65. The van der Waals surface area contributed by atoms with Crippen molar-refractivity contribution in [2.45, 2.75) is 0 Å². The monoisotopic (exact) mass is 319 g/mol. The van der Waals surface area contributed by atoms with Crippen LogP contribution in [0.1, 0.15) is 5.56 Å². The first-order chi connectivity index (χ1) is 11.7. The van der Waals surface area contributed by atoms with E-state index in [1.54, 1.807) is 30.1 Å². The summed E-state index contributed by atoms with van der Waals surface area (Å²) in [5.41, 5.74) is 2.50. The van der Waals surface area contributed by atoms with Gasteiger partial charge in [-0.3, -0.25) is 4.79 Å². The van der Waals surface area contributed by atoms with Crippen molar-refractivity contribution < 1.29 is 9.53 Å². The van der Waals surface area contributed by atoms with Gasteiger partial charge in [-0.15, -0.1) is 0 Å². The molecule has 0 spiro atoms. The van der Waals surface area contributed by atoms with Gasteiger partial charge in [0.1, 0.15) is 5.75 Å². The van der Waals surface area contributed by atoms with Crippen LogP contribution in [0.25, 0.3) is 11.8 Å². The quantitative estimate of drug-likeness (QED) is 0.732. The van der Waals surface area contributed by atoms with Crippen LogP contribution in [0.3, 0.4) is 0 Å². The first kappa shape index (κ1) is 15.6. The molecule has 0 unspecified atom stereocenters. The Kier molecular flexibility index (Phi) is 4.72. The zero-order valence-corrected chi connectivity index (χ0v) is 13.2. The van der Waals surface area contributed by atoms with Crippen LogP contribution in [-0.2, 0) is 4.79 Å². The Morgan fingerprint density at radius 1 is 1.17 bits per heavy atom. The molecule has 5 heteroatoms. The molecule has 0 saturated heterocycles. The third-order valence-corrected chi connectivity index (χ3v) is 3.39. The number of amides is 1. The summed E-state index contributed by atoms with van der Waals surface area (Å²) in [6.45, 7) is 0. The zero-order valence-electron chi connectivity index (χ0n) is 13.2. The van der Waals surface area contributed by atoms with Crippen molar-refractivity contribution in [2.75, 3.05) is 12.4 Å². The van der Waals surface area contributed by atoms with Gasteiger partial charge in [0.15, 0.2) is 0 Å². The van der Waals surface area contributed by atoms with E-state index in [0.717, 1.165) is 11.3 Å². The normalized spacial score (nSPS) is 10.7. The number of nitrogens with one attached hydrogen (secondary N) is 1. The molecule has 0 atom stereocenters. The van der Waals surface area contributed by atoms with Gasteiger partial charge >= 0.3 is 0 Å². The highest BCUT2D eigenvalue weighted by molar-refractivity contribution is 6.01. The van der Waals surface area contributed by atoms with Crippen molar-refractivity contribution in [3.05, 3.63) is 78.6 Å². The molecule has 0 saturated carbocycles. The number of carbonyl (C=O) groups is 1. The van der Waals surface area contributed by atoms with E-state index < -0.39 is 0 Å². The maximum absolute atomic E-state index is 12.0. The third kappa shape index (κ3) is 3.89. The summed E-state index contributed by atoms with van der Waals surface area (Å²) >= 11 is 0. The molecule has 2 aromatic carbocycles. The number of hydrogen-bond donors (Lipinski definition) is 1. The fourth-order valence-corrected chi connectivity index (χ4v) is 2.20. The predicted octanol–water partition coefficient (Wildman–Crippen LogP) is 3.53. The van der Waals surface area contributed by atoms with Crippen LogP contribution >= 0.6 is 0 Å².